The van der Waals surface area contributed by atoms with Gasteiger partial charge in [0.2, 0.25) is 0 Å². The van der Waals surface area contributed by atoms with Gasteiger partial charge in [0, 0.05) is 6.54 Å². The van der Waals surface area contributed by atoms with E-state index in [2.05, 4.69) is 11.8 Å². The summed E-state index contributed by atoms with van der Waals surface area (Å²) in [6.45, 7) is 4.94. The van der Waals surface area contributed by atoms with Crippen LogP contribution in [0.2, 0.25) is 0 Å². The van der Waals surface area contributed by atoms with Crippen LogP contribution < -0.4 is 5.46 Å². The monoisotopic (exact) mass is 279 g/mol. The summed E-state index contributed by atoms with van der Waals surface area (Å²) >= 11 is 0. The highest BCUT2D eigenvalue weighted by atomic mass is 19.1. The molecule has 1 fully saturated rings. The van der Waals surface area contributed by atoms with Gasteiger partial charge in [-0.25, -0.2) is 4.39 Å². The minimum atomic E-state index is -1.61. The molecule has 0 aromatic heterocycles. The molecule has 2 rings (SSSR count). The van der Waals surface area contributed by atoms with Crippen molar-refractivity contribution in [3.05, 3.63) is 29.6 Å². The van der Waals surface area contributed by atoms with Crippen molar-refractivity contribution in [2.24, 2.45) is 5.92 Å². The van der Waals surface area contributed by atoms with E-state index in [0.717, 1.165) is 24.6 Å². The second kappa shape index (κ2) is 7.20. The summed E-state index contributed by atoms with van der Waals surface area (Å²) in [7, 11) is -1.61. The Balaban J connectivity index is 2.06. The molecule has 1 atom stereocenters. The molecule has 1 aromatic carbocycles. The van der Waals surface area contributed by atoms with Gasteiger partial charge in [0.05, 0.1) is 0 Å². The number of likely N-dealkylation sites (tertiary alicyclic amines) is 1. The first kappa shape index (κ1) is 15.5. The minimum Gasteiger partial charge on any atom is -0.423 e. The van der Waals surface area contributed by atoms with Crippen molar-refractivity contribution >= 4 is 12.6 Å². The Morgan fingerprint density at radius 2 is 2.10 bits per heavy atom. The molecule has 0 saturated carbocycles. The summed E-state index contributed by atoms with van der Waals surface area (Å²) in [4.78, 5) is 2.33. The SMILES string of the molecule is CCC1CCCN(Cc2ccc(F)cc2B(O)O)CC1. The smallest absolute Gasteiger partial charge is 0.423 e. The Bertz CT molecular complexity index is 442. The molecule has 2 N–H and O–H groups in total. The van der Waals surface area contributed by atoms with Gasteiger partial charge < -0.3 is 10.0 Å². The zero-order valence-electron chi connectivity index (χ0n) is 12.1. The molecule has 0 radical (unpaired) electrons. The molecule has 1 heterocycles. The average Bonchev–Trinajstić information content (AvgIpc) is 2.65. The number of hydrogen-bond acceptors (Lipinski definition) is 3. The van der Waals surface area contributed by atoms with Crippen molar-refractivity contribution in [2.75, 3.05) is 13.1 Å². The predicted octanol–water partition coefficient (Wildman–Crippen LogP) is 1.52. The third kappa shape index (κ3) is 4.04. The van der Waals surface area contributed by atoms with Crippen molar-refractivity contribution in [3.63, 3.8) is 0 Å². The first-order valence-electron chi connectivity index (χ1n) is 7.47. The lowest BCUT2D eigenvalue weighted by Gasteiger charge is -2.22. The second-order valence-corrected chi connectivity index (χ2v) is 5.70. The maximum Gasteiger partial charge on any atom is 0.488 e. The largest absolute Gasteiger partial charge is 0.488 e. The number of nitrogens with zero attached hydrogens (tertiary/aromatic N) is 1. The lowest BCUT2D eigenvalue weighted by atomic mass is 9.77. The van der Waals surface area contributed by atoms with E-state index in [-0.39, 0.29) is 5.46 Å². The Morgan fingerprint density at radius 1 is 1.30 bits per heavy atom. The van der Waals surface area contributed by atoms with E-state index in [1.807, 2.05) is 0 Å². The van der Waals surface area contributed by atoms with Gasteiger partial charge in [-0.2, -0.15) is 0 Å². The summed E-state index contributed by atoms with van der Waals surface area (Å²) in [6.07, 6.45) is 4.86. The van der Waals surface area contributed by atoms with Crippen molar-refractivity contribution in [3.8, 4) is 0 Å². The van der Waals surface area contributed by atoms with E-state index in [9.17, 15) is 14.4 Å². The molecule has 0 aliphatic carbocycles. The van der Waals surface area contributed by atoms with Crippen LogP contribution in [0.3, 0.4) is 0 Å². The van der Waals surface area contributed by atoms with Gasteiger partial charge in [0.1, 0.15) is 5.82 Å². The lowest BCUT2D eigenvalue weighted by Crippen LogP contribution is -2.36. The van der Waals surface area contributed by atoms with Gasteiger partial charge in [-0.05, 0) is 61.4 Å². The van der Waals surface area contributed by atoms with Gasteiger partial charge in [-0.15, -0.1) is 0 Å². The van der Waals surface area contributed by atoms with Crippen LogP contribution in [0.25, 0.3) is 0 Å². The van der Waals surface area contributed by atoms with E-state index >= 15 is 0 Å². The number of rotatable bonds is 4. The minimum absolute atomic E-state index is 0.279. The van der Waals surface area contributed by atoms with E-state index < -0.39 is 12.9 Å². The first-order chi connectivity index (χ1) is 9.60. The Kier molecular flexibility index (Phi) is 5.58. The molecule has 3 nitrogen and oxygen atoms in total. The van der Waals surface area contributed by atoms with Crippen molar-refractivity contribution in [1.82, 2.24) is 4.90 Å². The van der Waals surface area contributed by atoms with Crippen LogP contribution in [0, 0.1) is 11.7 Å². The molecule has 0 spiro atoms. The van der Waals surface area contributed by atoms with Crippen LogP contribution in [0.5, 0.6) is 0 Å². The normalized spacial score (nSPS) is 20.7. The summed E-state index contributed by atoms with van der Waals surface area (Å²) < 4.78 is 13.2. The highest BCUT2D eigenvalue weighted by molar-refractivity contribution is 6.59. The van der Waals surface area contributed by atoms with Gasteiger partial charge in [0.15, 0.2) is 0 Å². The topological polar surface area (TPSA) is 43.7 Å². The van der Waals surface area contributed by atoms with Crippen molar-refractivity contribution < 1.29 is 14.4 Å². The molecule has 20 heavy (non-hydrogen) atoms. The molecule has 110 valence electrons. The van der Waals surface area contributed by atoms with Crippen LogP contribution in [0.15, 0.2) is 18.2 Å². The Hall–Kier alpha value is -0.905. The van der Waals surface area contributed by atoms with Gasteiger partial charge >= 0.3 is 7.12 Å². The fourth-order valence-electron chi connectivity index (χ4n) is 2.98. The molecule has 1 aliphatic heterocycles. The fraction of sp³-hybridized carbons (Fsp3) is 0.600. The zero-order valence-corrected chi connectivity index (χ0v) is 12.1. The molecule has 1 aliphatic rings. The van der Waals surface area contributed by atoms with Gasteiger partial charge in [-0.3, -0.25) is 4.90 Å². The second-order valence-electron chi connectivity index (χ2n) is 5.70. The molecule has 0 bridgehead atoms. The zero-order chi connectivity index (χ0) is 14.5. The highest BCUT2D eigenvalue weighted by Crippen LogP contribution is 2.21. The molecular weight excluding hydrogens is 256 g/mol. The van der Waals surface area contributed by atoms with E-state index in [4.69, 9.17) is 0 Å². The van der Waals surface area contributed by atoms with E-state index in [1.165, 1.54) is 37.8 Å². The summed E-state index contributed by atoms with van der Waals surface area (Å²) in [6, 6.07) is 4.26. The van der Waals surface area contributed by atoms with E-state index in [0.29, 0.717) is 6.54 Å². The maximum atomic E-state index is 13.2. The van der Waals surface area contributed by atoms with Gasteiger partial charge in [-0.1, -0.05) is 19.4 Å². The van der Waals surface area contributed by atoms with Crippen LogP contribution in [0.4, 0.5) is 4.39 Å². The molecule has 1 unspecified atom stereocenters. The fourth-order valence-corrected chi connectivity index (χ4v) is 2.98. The molecular formula is C15H23BFNO2. The van der Waals surface area contributed by atoms with Crippen molar-refractivity contribution in [1.29, 1.82) is 0 Å². The third-order valence-corrected chi connectivity index (χ3v) is 4.30. The average molecular weight is 279 g/mol. The van der Waals surface area contributed by atoms with Crippen LogP contribution in [-0.2, 0) is 6.54 Å². The maximum absolute atomic E-state index is 13.2. The van der Waals surface area contributed by atoms with Gasteiger partial charge in [0.25, 0.3) is 0 Å². The molecule has 0 amide bonds. The molecule has 1 saturated heterocycles. The number of hydrogen-bond donors (Lipinski definition) is 2. The predicted molar refractivity (Wildman–Crippen MR) is 79.1 cm³/mol. The number of benzene rings is 1. The molecule has 1 aromatic rings. The summed E-state index contributed by atoms with van der Waals surface area (Å²) in [5.74, 6) is 0.370. The highest BCUT2D eigenvalue weighted by Gasteiger charge is 2.20. The van der Waals surface area contributed by atoms with Crippen LogP contribution >= 0.6 is 0 Å². The van der Waals surface area contributed by atoms with Crippen LogP contribution in [-0.4, -0.2) is 35.2 Å². The summed E-state index contributed by atoms with van der Waals surface area (Å²) in [5, 5.41) is 18.7. The Labute approximate surface area is 120 Å². The summed E-state index contributed by atoms with van der Waals surface area (Å²) in [5.41, 5.74) is 1.08. The third-order valence-electron chi connectivity index (χ3n) is 4.30. The Morgan fingerprint density at radius 3 is 2.80 bits per heavy atom. The molecule has 5 heteroatoms. The standard InChI is InChI=1S/C15H23BFNO2/c1-2-12-4-3-8-18(9-7-12)11-13-5-6-14(17)10-15(13)16(19)20/h5-6,10,12,19-20H,2-4,7-9,11H2,1H3. The van der Waals surface area contributed by atoms with E-state index in [1.54, 1.807) is 6.07 Å². The quantitative estimate of drug-likeness (QED) is 0.821. The lowest BCUT2D eigenvalue weighted by molar-refractivity contribution is 0.272. The number of halogens is 1. The van der Waals surface area contributed by atoms with Crippen LogP contribution in [0.1, 0.15) is 38.2 Å². The first-order valence-corrected chi connectivity index (χ1v) is 7.47. The van der Waals surface area contributed by atoms with Crippen molar-refractivity contribution in [2.45, 2.75) is 39.2 Å².